The van der Waals surface area contributed by atoms with Crippen LogP contribution in [0.1, 0.15) is 5.56 Å². The largest absolute Gasteiger partial charge is 0.490 e. The van der Waals surface area contributed by atoms with Crippen molar-refractivity contribution in [2.45, 2.75) is 36.6 Å². The zero-order chi connectivity index (χ0) is 25.7. The Hall–Kier alpha value is -2.84. The van der Waals surface area contributed by atoms with Gasteiger partial charge in [0.05, 0.1) is 37.0 Å². The van der Waals surface area contributed by atoms with Gasteiger partial charge in [-0.25, -0.2) is 18.2 Å². The molecular weight excluding hydrogens is 521 g/mol. The van der Waals surface area contributed by atoms with Gasteiger partial charge in [0.2, 0.25) is 0 Å². The van der Waals surface area contributed by atoms with Crippen LogP contribution in [0.15, 0.2) is 18.2 Å². The Kier molecular flexibility index (Phi) is 6.27. The summed E-state index contributed by atoms with van der Waals surface area (Å²) in [5.41, 5.74) is -1.18. The lowest BCUT2D eigenvalue weighted by molar-refractivity contribution is -0.146. The van der Waals surface area contributed by atoms with Crippen molar-refractivity contribution < 1.29 is 42.0 Å². The van der Waals surface area contributed by atoms with Crippen LogP contribution in [0.5, 0.6) is 11.8 Å². The quantitative estimate of drug-likeness (QED) is 0.394. The van der Waals surface area contributed by atoms with Crippen LogP contribution >= 0.6 is 11.6 Å². The number of rotatable bonds is 8. The van der Waals surface area contributed by atoms with E-state index in [1.54, 1.807) is 6.07 Å². The highest BCUT2D eigenvalue weighted by molar-refractivity contribution is 6.33. The van der Waals surface area contributed by atoms with E-state index < -0.39 is 41.7 Å². The number of aliphatic hydroxyl groups excluding tert-OH is 1. The third-order valence-electron chi connectivity index (χ3n) is 6.42. The van der Waals surface area contributed by atoms with Crippen LogP contribution in [0.4, 0.5) is 19.0 Å². The molecule has 4 atom stereocenters. The second kappa shape index (κ2) is 9.48. The third-order valence-corrected chi connectivity index (χ3v) is 6.70. The van der Waals surface area contributed by atoms with Crippen molar-refractivity contribution in [3.63, 3.8) is 0 Å². The maximum atomic E-state index is 14.6. The topological polar surface area (TPSA) is 120 Å². The van der Waals surface area contributed by atoms with Gasteiger partial charge in [-0.1, -0.05) is 11.6 Å². The molecule has 0 unspecified atom stereocenters. The summed E-state index contributed by atoms with van der Waals surface area (Å²) in [6.07, 6.45) is -2.03. The van der Waals surface area contributed by atoms with Gasteiger partial charge in [-0.15, -0.1) is 0 Å². The van der Waals surface area contributed by atoms with Gasteiger partial charge in [-0.05, 0) is 6.07 Å². The number of imidazole rings is 1. The molecule has 5 heterocycles. The lowest BCUT2D eigenvalue weighted by Crippen LogP contribution is -2.50. The first kappa shape index (κ1) is 24.5. The number of halogens is 4. The molecule has 3 aliphatic rings. The summed E-state index contributed by atoms with van der Waals surface area (Å²) in [7, 11) is 0. The van der Waals surface area contributed by atoms with Gasteiger partial charge in [0.1, 0.15) is 48.1 Å². The number of hydrogen-bond donors (Lipinski definition) is 3. The molecule has 10 nitrogen and oxygen atoms in total. The van der Waals surface area contributed by atoms with Gasteiger partial charge in [0.25, 0.3) is 6.01 Å². The van der Waals surface area contributed by atoms with E-state index in [9.17, 15) is 18.3 Å². The molecule has 6 rings (SSSR count). The molecule has 14 heteroatoms. The van der Waals surface area contributed by atoms with Gasteiger partial charge in [-0.3, -0.25) is 0 Å². The molecule has 198 valence electrons. The van der Waals surface area contributed by atoms with Crippen molar-refractivity contribution in [1.82, 2.24) is 15.0 Å². The molecule has 3 saturated heterocycles. The number of H-pyrrole nitrogens is 1. The van der Waals surface area contributed by atoms with Gasteiger partial charge in [0.15, 0.2) is 17.4 Å². The first-order valence-electron chi connectivity index (χ1n) is 11.5. The maximum Gasteiger partial charge on any atom is 0.296 e. The van der Waals surface area contributed by atoms with E-state index in [4.69, 9.17) is 35.3 Å². The Bertz CT molecular complexity index is 1300. The molecule has 3 N–H and O–H groups in total. The fraction of sp³-hybridized carbons (Fsp3) is 0.478. The summed E-state index contributed by atoms with van der Waals surface area (Å²) in [6, 6.07) is 3.69. The van der Waals surface area contributed by atoms with Gasteiger partial charge < -0.3 is 39.1 Å². The first-order chi connectivity index (χ1) is 17.8. The normalized spacial score (nSPS) is 26.2. The Morgan fingerprint density at radius 2 is 1.89 bits per heavy atom. The number of aliphatic hydroxyl groups is 1. The van der Waals surface area contributed by atoms with E-state index in [-0.39, 0.29) is 73.4 Å². The molecule has 3 fully saturated rings. The van der Waals surface area contributed by atoms with E-state index in [1.165, 1.54) is 0 Å². The van der Waals surface area contributed by atoms with E-state index in [2.05, 4.69) is 20.3 Å². The highest BCUT2D eigenvalue weighted by atomic mass is 35.5. The highest BCUT2D eigenvalue weighted by Crippen LogP contribution is 2.31. The average Bonchev–Trinajstić information content (AvgIpc) is 3.52. The summed E-state index contributed by atoms with van der Waals surface area (Å²) in [5.74, 6) is -1.71. The van der Waals surface area contributed by atoms with Crippen molar-refractivity contribution in [1.29, 1.82) is 0 Å². The average molecular weight is 543 g/mol. The molecule has 0 saturated carbocycles. The molecular formula is C23H22ClF3N4O6. The molecule has 0 bridgehead atoms. The number of hydrogen-bond acceptors (Lipinski definition) is 9. The first-order valence-corrected chi connectivity index (χ1v) is 11.9. The van der Waals surface area contributed by atoms with Crippen LogP contribution in [0.2, 0.25) is 5.02 Å². The molecule has 37 heavy (non-hydrogen) atoms. The van der Waals surface area contributed by atoms with Crippen molar-refractivity contribution in [2.75, 3.05) is 38.4 Å². The van der Waals surface area contributed by atoms with E-state index in [1.807, 2.05) is 0 Å². The number of ether oxygens (including phenoxy) is 5. The van der Waals surface area contributed by atoms with Gasteiger partial charge >= 0.3 is 0 Å². The highest BCUT2D eigenvalue weighted by Gasteiger charge is 2.48. The molecule has 3 aliphatic heterocycles. The molecule has 0 amide bonds. The Labute approximate surface area is 213 Å². The van der Waals surface area contributed by atoms with Crippen molar-refractivity contribution in [3.05, 3.63) is 40.4 Å². The van der Waals surface area contributed by atoms with Crippen molar-refractivity contribution in [2.24, 2.45) is 0 Å². The number of alkyl halides is 1. The minimum atomic E-state index is -1.65. The van der Waals surface area contributed by atoms with Crippen molar-refractivity contribution >= 4 is 28.6 Å². The molecule has 2 aromatic heterocycles. The monoisotopic (exact) mass is 542 g/mol. The minimum absolute atomic E-state index is 0.115. The van der Waals surface area contributed by atoms with Gasteiger partial charge in [0, 0.05) is 24.2 Å². The Balaban J connectivity index is 1.12. The number of anilines is 1. The van der Waals surface area contributed by atoms with E-state index in [0.717, 1.165) is 12.1 Å². The van der Waals surface area contributed by atoms with Crippen LogP contribution in [0.25, 0.3) is 11.2 Å². The second-order valence-electron chi connectivity index (χ2n) is 9.20. The predicted molar refractivity (Wildman–Crippen MR) is 123 cm³/mol. The molecule has 0 aliphatic carbocycles. The number of aromatic amines is 1. The number of benzene rings is 1. The van der Waals surface area contributed by atoms with Crippen LogP contribution in [-0.4, -0.2) is 83.2 Å². The third kappa shape index (κ3) is 4.77. The molecule has 0 spiro atoms. The van der Waals surface area contributed by atoms with E-state index in [0.29, 0.717) is 5.52 Å². The zero-order valence-corrected chi connectivity index (χ0v) is 19.9. The summed E-state index contributed by atoms with van der Waals surface area (Å²) in [4.78, 5) is 11.6. The Morgan fingerprint density at radius 3 is 2.62 bits per heavy atom. The number of fused-ring (bicyclic) bond motifs is 2. The van der Waals surface area contributed by atoms with Gasteiger partial charge in [-0.2, -0.15) is 4.98 Å². The lowest BCUT2D eigenvalue weighted by atomic mass is 10.1. The summed E-state index contributed by atoms with van der Waals surface area (Å²) in [5, 5.41) is 12.9. The summed E-state index contributed by atoms with van der Waals surface area (Å²) >= 11 is 6.31. The van der Waals surface area contributed by atoms with Crippen LogP contribution in [-0.2, 0) is 20.8 Å². The Morgan fingerprint density at radius 1 is 1.14 bits per heavy atom. The number of nitrogens with zero attached hydrogens (tertiary/aromatic N) is 2. The van der Waals surface area contributed by atoms with Crippen LogP contribution < -0.4 is 14.8 Å². The molecule has 3 aromatic rings. The number of nitrogens with one attached hydrogen (secondary N) is 2. The summed E-state index contributed by atoms with van der Waals surface area (Å²) < 4.78 is 70.1. The standard InChI is InChI=1S/C23H22ClF3N4O6/c24-12-3-15-21(31-22(29-15)37-17-6-35-18-16(32)5-34-19(17)18)30-20(12)28-4-11-13(25)1-10(2-14(11)26)36-9-23(27)7-33-8-23/h1-3,16-19,32H,4-9H2,(H2,28,29,30,31)/t16-,17-,18-,19-/m1/s1. The summed E-state index contributed by atoms with van der Waals surface area (Å²) in [6.45, 7) is -0.456. The smallest absolute Gasteiger partial charge is 0.296 e. The lowest BCUT2D eigenvalue weighted by Gasteiger charge is -2.33. The predicted octanol–water partition coefficient (Wildman–Crippen LogP) is 2.52. The molecule has 0 radical (unpaired) electrons. The van der Waals surface area contributed by atoms with Crippen LogP contribution in [0, 0.1) is 11.6 Å². The van der Waals surface area contributed by atoms with E-state index >= 15 is 0 Å². The zero-order valence-electron chi connectivity index (χ0n) is 19.2. The molecule has 1 aromatic carbocycles. The fourth-order valence-corrected chi connectivity index (χ4v) is 4.61. The number of aromatic nitrogens is 3. The second-order valence-corrected chi connectivity index (χ2v) is 9.61. The van der Waals surface area contributed by atoms with Crippen molar-refractivity contribution in [3.8, 4) is 11.8 Å². The minimum Gasteiger partial charge on any atom is -0.490 e. The van der Waals surface area contributed by atoms with Crippen LogP contribution in [0.3, 0.4) is 0 Å². The number of pyridine rings is 1. The maximum absolute atomic E-state index is 14.6. The fourth-order valence-electron chi connectivity index (χ4n) is 4.39. The SMILES string of the molecule is O[C@@H]1CO[C@H]2[C@@H]1OC[C@H]2Oc1nc2nc(NCc3c(F)cc(OCC4(F)COC4)cc3F)c(Cl)cc2[nH]1.